The fourth-order valence-electron chi connectivity index (χ4n) is 1.95. The Morgan fingerprint density at radius 3 is 2.78 bits per heavy atom. The van der Waals surface area contributed by atoms with Crippen molar-refractivity contribution in [3.8, 4) is 0 Å². The van der Waals surface area contributed by atoms with Crippen molar-refractivity contribution in [3.63, 3.8) is 0 Å². The van der Waals surface area contributed by atoms with Gasteiger partial charge in [-0.2, -0.15) is 0 Å². The predicted molar refractivity (Wildman–Crippen MR) is 79.1 cm³/mol. The Morgan fingerprint density at radius 2 is 2.11 bits per heavy atom. The summed E-state index contributed by atoms with van der Waals surface area (Å²) in [6, 6.07) is 8.07. The lowest BCUT2D eigenvalue weighted by Gasteiger charge is -2.25. The molecule has 1 aromatic carbocycles. The van der Waals surface area contributed by atoms with Crippen LogP contribution in [0.25, 0.3) is 0 Å². The first kappa shape index (κ1) is 15.2. The van der Waals surface area contributed by atoms with Crippen LogP contribution in [0.15, 0.2) is 35.3 Å². The van der Waals surface area contributed by atoms with Crippen LogP contribution in [0, 0.1) is 0 Å². The van der Waals surface area contributed by atoms with Crippen LogP contribution in [0.1, 0.15) is 11.1 Å². The minimum atomic E-state index is -0.142. The molecule has 0 aliphatic carbocycles. The molecule has 0 saturated carbocycles. The molecule has 18 heavy (non-hydrogen) atoms. The summed E-state index contributed by atoms with van der Waals surface area (Å²) in [6.07, 6.45) is 0.747. The van der Waals surface area contributed by atoms with Crippen molar-refractivity contribution in [2.45, 2.75) is 19.0 Å². The first-order valence-electron chi connectivity index (χ1n) is 5.58. The molecule has 1 amide bonds. The number of nitrogens with one attached hydrogen (secondary N) is 2. The third-order valence-corrected chi connectivity index (χ3v) is 3.13. The third-order valence-electron chi connectivity index (χ3n) is 2.85. The fraction of sp³-hybridized carbons (Fsp3) is 0.308. The molecule has 98 valence electrons. The second-order valence-corrected chi connectivity index (χ2v) is 5.26. The molecule has 0 aromatic heterocycles. The fourth-order valence-corrected chi connectivity index (χ4v) is 2.09. The van der Waals surface area contributed by atoms with Crippen LogP contribution in [0.3, 0.4) is 0 Å². The SMILES string of the molecule is C=C(Br)CNC(=O)C1Cc2ccccc2CN1.Cl. The van der Waals surface area contributed by atoms with Crippen LogP contribution in [-0.4, -0.2) is 18.5 Å². The molecule has 1 aliphatic rings. The Bertz CT molecular complexity index is 450. The topological polar surface area (TPSA) is 41.1 Å². The van der Waals surface area contributed by atoms with E-state index in [0.29, 0.717) is 6.54 Å². The lowest BCUT2D eigenvalue weighted by atomic mass is 9.95. The molecule has 0 saturated heterocycles. The van der Waals surface area contributed by atoms with E-state index in [0.717, 1.165) is 17.4 Å². The minimum Gasteiger partial charge on any atom is -0.350 e. The molecule has 0 radical (unpaired) electrons. The van der Waals surface area contributed by atoms with Crippen molar-refractivity contribution < 1.29 is 4.79 Å². The summed E-state index contributed by atoms with van der Waals surface area (Å²) < 4.78 is 0.780. The Morgan fingerprint density at radius 1 is 1.44 bits per heavy atom. The lowest BCUT2D eigenvalue weighted by molar-refractivity contribution is -0.123. The molecule has 2 rings (SSSR count). The average molecular weight is 332 g/mol. The molecule has 1 aliphatic heterocycles. The van der Waals surface area contributed by atoms with Gasteiger partial charge in [-0.05, 0) is 17.5 Å². The summed E-state index contributed by atoms with van der Waals surface area (Å²) in [4.78, 5) is 11.9. The number of fused-ring (bicyclic) bond motifs is 1. The van der Waals surface area contributed by atoms with Crippen LogP contribution in [-0.2, 0) is 17.8 Å². The highest BCUT2D eigenvalue weighted by atomic mass is 79.9. The first-order valence-corrected chi connectivity index (χ1v) is 6.37. The lowest BCUT2D eigenvalue weighted by Crippen LogP contribution is -2.47. The number of halogens is 2. The summed E-state index contributed by atoms with van der Waals surface area (Å²) in [7, 11) is 0. The number of amides is 1. The monoisotopic (exact) mass is 330 g/mol. The van der Waals surface area contributed by atoms with Crippen LogP contribution in [0.4, 0.5) is 0 Å². The summed E-state index contributed by atoms with van der Waals surface area (Å²) in [6.45, 7) is 4.91. The second-order valence-electron chi connectivity index (χ2n) is 4.14. The molecule has 1 unspecified atom stereocenters. The molecule has 1 aromatic rings. The number of benzene rings is 1. The maximum atomic E-state index is 11.9. The van der Waals surface area contributed by atoms with Crippen molar-refractivity contribution in [3.05, 3.63) is 46.5 Å². The van der Waals surface area contributed by atoms with Crippen LogP contribution in [0.2, 0.25) is 0 Å². The van der Waals surface area contributed by atoms with E-state index in [9.17, 15) is 4.79 Å². The van der Waals surface area contributed by atoms with Gasteiger partial charge in [0.15, 0.2) is 0 Å². The van der Waals surface area contributed by atoms with Crippen molar-refractivity contribution in [2.75, 3.05) is 6.54 Å². The zero-order valence-corrected chi connectivity index (χ0v) is 12.3. The number of carbonyl (C=O) groups is 1. The van der Waals surface area contributed by atoms with Gasteiger partial charge in [0.05, 0.1) is 6.04 Å². The van der Waals surface area contributed by atoms with Gasteiger partial charge in [0.1, 0.15) is 0 Å². The number of hydrogen-bond donors (Lipinski definition) is 2. The molecular weight excluding hydrogens is 316 g/mol. The summed E-state index contributed by atoms with van der Waals surface area (Å²) in [5, 5.41) is 6.08. The normalized spacial score (nSPS) is 17.3. The zero-order valence-electron chi connectivity index (χ0n) is 9.91. The Labute approximate surface area is 122 Å². The standard InChI is InChI=1S/C13H15BrN2O.ClH/c1-9(14)7-16-13(17)12-6-10-4-2-3-5-11(10)8-15-12;/h2-5,12,15H,1,6-8H2,(H,16,17);1H. The number of rotatable bonds is 3. The Kier molecular flexibility index (Phi) is 5.85. The summed E-state index contributed by atoms with van der Waals surface area (Å²) in [5.74, 6) is 0.0279. The summed E-state index contributed by atoms with van der Waals surface area (Å²) >= 11 is 3.22. The van der Waals surface area contributed by atoms with Gasteiger partial charge >= 0.3 is 0 Å². The first-order chi connectivity index (χ1) is 8.16. The zero-order chi connectivity index (χ0) is 12.3. The van der Waals surface area contributed by atoms with Crippen LogP contribution >= 0.6 is 28.3 Å². The maximum absolute atomic E-state index is 11.9. The third kappa shape index (κ3) is 3.83. The molecule has 1 atom stereocenters. The Hall–Kier alpha value is -0.840. The van der Waals surface area contributed by atoms with E-state index in [1.54, 1.807) is 0 Å². The molecule has 1 heterocycles. The molecule has 0 bridgehead atoms. The molecule has 2 N–H and O–H groups in total. The Balaban J connectivity index is 0.00000162. The highest BCUT2D eigenvalue weighted by Gasteiger charge is 2.23. The van der Waals surface area contributed by atoms with Gasteiger partial charge in [-0.15, -0.1) is 12.4 Å². The van der Waals surface area contributed by atoms with Crippen molar-refractivity contribution in [1.82, 2.24) is 10.6 Å². The molecular formula is C13H16BrClN2O. The van der Waals surface area contributed by atoms with E-state index >= 15 is 0 Å². The van der Waals surface area contributed by atoms with E-state index in [2.05, 4.69) is 45.3 Å². The van der Waals surface area contributed by atoms with E-state index in [1.807, 2.05) is 12.1 Å². The van der Waals surface area contributed by atoms with Crippen LogP contribution in [0.5, 0.6) is 0 Å². The van der Waals surface area contributed by atoms with Gasteiger partial charge in [-0.3, -0.25) is 4.79 Å². The van der Waals surface area contributed by atoms with E-state index in [-0.39, 0.29) is 24.4 Å². The van der Waals surface area contributed by atoms with Gasteiger partial charge in [0.2, 0.25) is 5.91 Å². The van der Waals surface area contributed by atoms with E-state index in [4.69, 9.17) is 0 Å². The van der Waals surface area contributed by atoms with Crippen LogP contribution < -0.4 is 10.6 Å². The largest absolute Gasteiger partial charge is 0.350 e. The van der Waals surface area contributed by atoms with Gasteiger partial charge in [0.25, 0.3) is 0 Å². The molecule has 3 nitrogen and oxygen atoms in total. The van der Waals surface area contributed by atoms with Gasteiger partial charge in [-0.25, -0.2) is 0 Å². The molecule has 5 heteroatoms. The summed E-state index contributed by atoms with van der Waals surface area (Å²) in [5.41, 5.74) is 2.53. The van der Waals surface area contributed by atoms with E-state index in [1.165, 1.54) is 11.1 Å². The minimum absolute atomic E-state index is 0. The maximum Gasteiger partial charge on any atom is 0.237 e. The van der Waals surface area contributed by atoms with E-state index < -0.39 is 0 Å². The van der Waals surface area contributed by atoms with Crippen molar-refractivity contribution >= 4 is 34.2 Å². The quantitative estimate of drug-likeness (QED) is 0.891. The highest BCUT2D eigenvalue weighted by molar-refractivity contribution is 9.11. The van der Waals surface area contributed by atoms with Gasteiger partial charge in [-0.1, -0.05) is 46.8 Å². The van der Waals surface area contributed by atoms with Crippen molar-refractivity contribution in [1.29, 1.82) is 0 Å². The number of carbonyl (C=O) groups excluding carboxylic acids is 1. The number of hydrogen-bond acceptors (Lipinski definition) is 2. The molecule has 0 fully saturated rings. The second kappa shape index (κ2) is 6.92. The molecule has 0 spiro atoms. The van der Waals surface area contributed by atoms with Gasteiger partial charge in [0, 0.05) is 17.6 Å². The van der Waals surface area contributed by atoms with Crippen molar-refractivity contribution in [2.24, 2.45) is 0 Å². The van der Waals surface area contributed by atoms with Gasteiger partial charge < -0.3 is 10.6 Å². The highest BCUT2D eigenvalue weighted by Crippen LogP contribution is 2.16. The smallest absolute Gasteiger partial charge is 0.237 e. The predicted octanol–water partition coefficient (Wildman–Crippen LogP) is 2.15. The average Bonchev–Trinajstić information content (AvgIpc) is 2.35.